The van der Waals surface area contributed by atoms with Gasteiger partial charge in [0.1, 0.15) is 12.7 Å². The van der Waals surface area contributed by atoms with Crippen LogP contribution in [0.1, 0.15) is 16.7 Å². The van der Waals surface area contributed by atoms with Gasteiger partial charge in [0.05, 0.1) is 0 Å². The summed E-state index contributed by atoms with van der Waals surface area (Å²) in [7, 11) is -3.16. The molecule has 0 bridgehead atoms. The van der Waals surface area contributed by atoms with Gasteiger partial charge in [-0.25, -0.2) is 0 Å². The summed E-state index contributed by atoms with van der Waals surface area (Å²) in [5.74, 6) is 0. The van der Waals surface area contributed by atoms with E-state index in [1.807, 2.05) is 122 Å². The Balaban J connectivity index is 1.95. The summed E-state index contributed by atoms with van der Waals surface area (Å²) in [5.41, 5.74) is 1.05. The second kappa shape index (κ2) is 8.44. The fourth-order valence-corrected chi connectivity index (χ4v) is 7.32. The number of rotatable bonds is 6. The summed E-state index contributed by atoms with van der Waals surface area (Å²) >= 11 is 0. The van der Waals surface area contributed by atoms with Crippen LogP contribution in [0.15, 0.2) is 115 Å². The molecule has 1 unspecified atom stereocenters. The molecule has 0 aliphatic rings. The van der Waals surface area contributed by atoms with Gasteiger partial charge < -0.3 is 9.67 Å². The zero-order valence-corrected chi connectivity index (χ0v) is 17.9. The van der Waals surface area contributed by atoms with Gasteiger partial charge in [-0.2, -0.15) is 0 Å². The Bertz CT molecular complexity index is 1120. The molecule has 0 spiro atoms. The maximum atomic E-state index is 14.8. The molecule has 4 rings (SSSR count). The maximum absolute atomic E-state index is 14.8. The highest BCUT2D eigenvalue weighted by Crippen LogP contribution is 2.51. The number of aryl methyl sites for hydroxylation is 1. The van der Waals surface area contributed by atoms with Gasteiger partial charge >= 0.3 is 0 Å². The van der Waals surface area contributed by atoms with Gasteiger partial charge in [-0.3, -0.25) is 0 Å². The summed E-state index contributed by atoms with van der Waals surface area (Å²) in [6, 6.07) is 36.4. The molecule has 4 aromatic rings. The zero-order valence-electron chi connectivity index (χ0n) is 17.0. The molecule has 0 fully saturated rings. The normalized spacial score (nSPS) is 13.5. The van der Waals surface area contributed by atoms with Gasteiger partial charge in [-0.05, 0) is 23.6 Å². The SMILES string of the molecule is Cc1ccccc1P(=O)(CC(O)(c1ccccc1)c1ccccc1)c1ccccc1. The van der Waals surface area contributed by atoms with E-state index in [9.17, 15) is 9.67 Å². The molecular weight excluding hydrogens is 387 g/mol. The average molecular weight is 412 g/mol. The van der Waals surface area contributed by atoms with E-state index in [1.165, 1.54) is 0 Å². The van der Waals surface area contributed by atoms with E-state index in [-0.39, 0.29) is 6.16 Å². The minimum absolute atomic E-state index is 0.0862. The summed E-state index contributed by atoms with van der Waals surface area (Å²) in [5, 5.41) is 13.7. The lowest BCUT2D eigenvalue weighted by Crippen LogP contribution is -2.36. The van der Waals surface area contributed by atoms with Crippen LogP contribution in [0, 0.1) is 6.92 Å². The third-order valence-electron chi connectivity index (χ3n) is 5.63. The van der Waals surface area contributed by atoms with Crippen molar-refractivity contribution in [2.45, 2.75) is 12.5 Å². The Kier molecular flexibility index (Phi) is 5.72. The highest BCUT2D eigenvalue weighted by molar-refractivity contribution is 7.78. The van der Waals surface area contributed by atoms with Crippen molar-refractivity contribution in [2.75, 3.05) is 6.16 Å². The van der Waals surface area contributed by atoms with Crippen molar-refractivity contribution >= 4 is 17.8 Å². The predicted octanol–water partition coefficient (Wildman–Crippen LogP) is 5.25. The molecule has 0 aromatic heterocycles. The monoisotopic (exact) mass is 412 g/mol. The first-order valence-electron chi connectivity index (χ1n) is 10.1. The number of hydrogen-bond donors (Lipinski definition) is 1. The van der Waals surface area contributed by atoms with Crippen molar-refractivity contribution in [1.29, 1.82) is 0 Å². The fourth-order valence-electron chi connectivity index (χ4n) is 4.05. The van der Waals surface area contributed by atoms with Crippen molar-refractivity contribution < 1.29 is 9.67 Å². The molecule has 0 aliphatic carbocycles. The lowest BCUT2D eigenvalue weighted by atomic mass is 9.88. The molecule has 0 saturated heterocycles. The fraction of sp³-hybridized carbons (Fsp3) is 0.111. The summed E-state index contributed by atoms with van der Waals surface area (Å²) in [6.07, 6.45) is 0.0862. The van der Waals surface area contributed by atoms with E-state index < -0.39 is 12.7 Å². The van der Waals surface area contributed by atoms with E-state index in [0.717, 1.165) is 27.3 Å². The Morgan fingerprint density at radius 2 is 1.10 bits per heavy atom. The number of aliphatic hydroxyl groups is 1. The second-order valence-corrected chi connectivity index (χ2v) is 10.4. The van der Waals surface area contributed by atoms with Crippen LogP contribution in [-0.2, 0) is 10.2 Å². The molecule has 0 amide bonds. The molecule has 0 radical (unpaired) electrons. The summed E-state index contributed by atoms with van der Waals surface area (Å²) in [4.78, 5) is 0. The first-order valence-corrected chi connectivity index (χ1v) is 12.0. The van der Waals surface area contributed by atoms with Gasteiger partial charge in [0.2, 0.25) is 0 Å². The van der Waals surface area contributed by atoms with Crippen molar-refractivity contribution in [3.63, 3.8) is 0 Å². The Labute approximate surface area is 178 Å². The molecule has 0 aliphatic heterocycles. The van der Waals surface area contributed by atoms with Crippen molar-refractivity contribution in [3.05, 3.63) is 132 Å². The van der Waals surface area contributed by atoms with Gasteiger partial charge in [-0.1, -0.05) is 115 Å². The van der Waals surface area contributed by atoms with E-state index in [2.05, 4.69) is 0 Å². The van der Waals surface area contributed by atoms with Gasteiger partial charge in [0, 0.05) is 16.8 Å². The molecule has 1 N–H and O–H groups in total. The molecule has 1 atom stereocenters. The quantitative estimate of drug-likeness (QED) is 0.440. The van der Waals surface area contributed by atoms with Crippen LogP contribution < -0.4 is 10.6 Å². The lowest BCUT2D eigenvalue weighted by molar-refractivity contribution is 0.105. The van der Waals surface area contributed by atoms with E-state index in [4.69, 9.17) is 0 Å². The molecule has 4 aromatic carbocycles. The average Bonchev–Trinajstić information content (AvgIpc) is 2.81. The van der Waals surface area contributed by atoms with Crippen molar-refractivity contribution in [3.8, 4) is 0 Å². The first kappa shape index (κ1) is 20.3. The van der Waals surface area contributed by atoms with Crippen LogP contribution in [0.4, 0.5) is 0 Å². The van der Waals surface area contributed by atoms with Crippen LogP contribution in [0.5, 0.6) is 0 Å². The molecule has 30 heavy (non-hydrogen) atoms. The minimum atomic E-state index is -3.16. The summed E-state index contributed by atoms with van der Waals surface area (Å²) in [6.45, 7) is 1.98. The molecular formula is C27H25O2P. The predicted molar refractivity (Wildman–Crippen MR) is 125 cm³/mol. The Morgan fingerprint density at radius 3 is 1.60 bits per heavy atom. The van der Waals surface area contributed by atoms with Gasteiger partial charge in [0.25, 0.3) is 0 Å². The largest absolute Gasteiger partial charge is 0.380 e. The maximum Gasteiger partial charge on any atom is 0.147 e. The first-order chi connectivity index (χ1) is 14.5. The van der Waals surface area contributed by atoms with E-state index in [0.29, 0.717) is 0 Å². The van der Waals surface area contributed by atoms with Gasteiger partial charge in [0.15, 0.2) is 0 Å². The molecule has 2 nitrogen and oxygen atoms in total. The Hall–Kier alpha value is -2.93. The minimum Gasteiger partial charge on any atom is -0.380 e. The molecule has 3 heteroatoms. The highest BCUT2D eigenvalue weighted by atomic mass is 31.2. The van der Waals surface area contributed by atoms with Crippen LogP contribution in [0.3, 0.4) is 0 Å². The number of hydrogen-bond acceptors (Lipinski definition) is 2. The van der Waals surface area contributed by atoms with Gasteiger partial charge in [-0.15, -0.1) is 0 Å². The second-order valence-electron chi connectivity index (χ2n) is 7.61. The molecule has 0 heterocycles. The van der Waals surface area contributed by atoms with Crippen molar-refractivity contribution in [1.82, 2.24) is 0 Å². The third-order valence-corrected chi connectivity index (χ3v) is 8.95. The van der Waals surface area contributed by atoms with Crippen molar-refractivity contribution in [2.24, 2.45) is 0 Å². The lowest BCUT2D eigenvalue weighted by Gasteiger charge is -2.34. The van der Waals surface area contributed by atoms with Crippen LogP contribution >= 0.6 is 7.14 Å². The Morgan fingerprint density at radius 1 is 0.667 bits per heavy atom. The zero-order chi connectivity index (χ0) is 21.0. The highest BCUT2D eigenvalue weighted by Gasteiger charge is 2.42. The molecule has 150 valence electrons. The van der Waals surface area contributed by atoms with Crippen LogP contribution in [0.25, 0.3) is 0 Å². The number of benzene rings is 4. The van der Waals surface area contributed by atoms with E-state index in [1.54, 1.807) is 0 Å². The standard InChI is InChI=1S/C27H25O2P/c1-22-13-11-12-20-26(22)30(29,25-18-9-4-10-19-25)21-27(28,23-14-5-2-6-15-23)24-16-7-3-8-17-24/h2-20,28H,21H2,1H3. The smallest absolute Gasteiger partial charge is 0.147 e. The third kappa shape index (κ3) is 3.77. The molecule has 0 saturated carbocycles. The van der Waals surface area contributed by atoms with E-state index >= 15 is 0 Å². The topological polar surface area (TPSA) is 37.3 Å². The summed E-state index contributed by atoms with van der Waals surface area (Å²) < 4.78 is 14.8. The van der Waals surface area contributed by atoms with Crippen LogP contribution in [-0.4, -0.2) is 11.3 Å². The van der Waals surface area contributed by atoms with Crippen LogP contribution in [0.2, 0.25) is 0 Å².